The van der Waals surface area contributed by atoms with Crippen LogP contribution in [0, 0.1) is 0 Å². The van der Waals surface area contributed by atoms with E-state index in [0.29, 0.717) is 25.2 Å². The molecule has 4 rings (SSSR count). The Balaban J connectivity index is 1.41. The van der Waals surface area contributed by atoms with Crippen molar-refractivity contribution in [2.45, 2.75) is 36.0 Å². The third-order valence-electron chi connectivity index (χ3n) is 5.65. The van der Waals surface area contributed by atoms with E-state index in [1.807, 2.05) is 18.2 Å². The van der Waals surface area contributed by atoms with Crippen molar-refractivity contribution in [2.24, 2.45) is 0 Å². The van der Waals surface area contributed by atoms with E-state index in [0.717, 1.165) is 25.7 Å². The van der Waals surface area contributed by atoms with Gasteiger partial charge in [-0.2, -0.15) is 4.31 Å². The highest BCUT2D eigenvalue weighted by molar-refractivity contribution is 7.89. The Morgan fingerprint density at radius 3 is 2.19 bits per heavy atom. The Hall–Kier alpha value is -2.18. The van der Waals surface area contributed by atoms with E-state index in [9.17, 15) is 13.2 Å². The van der Waals surface area contributed by atoms with Gasteiger partial charge < -0.3 is 5.32 Å². The Bertz CT molecular complexity index is 914. The van der Waals surface area contributed by atoms with Crippen LogP contribution in [0.1, 0.15) is 41.6 Å². The third-order valence-corrected chi connectivity index (χ3v) is 7.56. The summed E-state index contributed by atoms with van der Waals surface area (Å²) in [5.41, 5.74) is 1.80. The van der Waals surface area contributed by atoms with Crippen molar-refractivity contribution in [3.63, 3.8) is 0 Å². The summed E-state index contributed by atoms with van der Waals surface area (Å²) in [6, 6.07) is 16.5. The van der Waals surface area contributed by atoms with E-state index < -0.39 is 10.0 Å². The molecule has 6 heteroatoms. The fourth-order valence-electron chi connectivity index (χ4n) is 3.72. The topological polar surface area (TPSA) is 66.5 Å². The minimum absolute atomic E-state index is 0.0515. The second kappa shape index (κ2) is 7.09. The summed E-state index contributed by atoms with van der Waals surface area (Å²) >= 11 is 0. The van der Waals surface area contributed by atoms with Crippen molar-refractivity contribution in [3.8, 4) is 0 Å². The van der Waals surface area contributed by atoms with Crippen LogP contribution in [0.5, 0.6) is 0 Å². The van der Waals surface area contributed by atoms with Crippen LogP contribution in [0.25, 0.3) is 0 Å². The number of benzene rings is 2. The molecule has 0 spiro atoms. The lowest BCUT2D eigenvalue weighted by Crippen LogP contribution is -2.32. The summed E-state index contributed by atoms with van der Waals surface area (Å²) in [6.07, 6.45) is 3.96. The molecule has 0 atom stereocenters. The summed E-state index contributed by atoms with van der Waals surface area (Å²) in [6.45, 7) is 1.75. The maximum absolute atomic E-state index is 12.6. The standard InChI is InChI=1S/C21H24N2O3S/c24-20(22-16-21(12-13-21)18-6-2-1-3-7-18)17-8-10-19(11-9-17)27(25,26)23-14-4-5-15-23/h1-3,6-11H,4-5,12-16H2,(H,22,24). The van der Waals surface area contributed by atoms with Gasteiger partial charge in [0.2, 0.25) is 10.0 Å². The monoisotopic (exact) mass is 384 g/mol. The number of amides is 1. The van der Waals surface area contributed by atoms with E-state index in [1.165, 1.54) is 22.0 Å². The number of carbonyl (C=O) groups is 1. The Labute approximate surface area is 160 Å². The lowest BCUT2D eigenvalue weighted by Gasteiger charge is -2.17. The summed E-state index contributed by atoms with van der Waals surface area (Å²) in [4.78, 5) is 12.8. The molecular weight excluding hydrogens is 360 g/mol. The van der Waals surface area contributed by atoms with E-state index in [-0.39, 0.29) is 16.2 Å². The van der Waals surface area contributed by atoms with Gasteiger partial charge in [0.25, 0.3) is 5.91 Å². The van der Waals surface area contributed by atoms with Crippen molar-refractivity contribution in [2.75, 3.05) is 19.6 Å². The first-order valence-electron chi connectivity index (χ1n) is 9.45. The van der Waals surface area contributed by atoms with Crippen LogP contribution >= 0.6 is 0 Å². The molecule has 1 aliphatic heterocycles. The molecule has 142 valence electrons. The van der Waals surface area contributed by atoms with Gasteiger partial charge in [-0.05, 0) is 55.5 Å². The largest absolute Gasteiger partial charge is 0.351 e. The highest BCUT2D eigenvalue weighted by Crippen LogP contribution is 2.47. The van der Waals surface area contributed by atoms with Gasteiger partial charge in [-0.3, -0.25) is 4.79 Å². The molecule has 1 N–H and O–H groups in total. The molecule has 1 heterocycles. The summed E-state index contributed by atoms with van der Waals surface area (Å²) in [7, 11) is -3.44. The molecule has 1 saturated carbocycles. The highest BCUT2D eigenvalue weighted by atomic mass is 32.2. The molecule has 2 fully saturated rings. The van der Waals surface area contributed by atoms with Crippen LogP contribution < -0.4 is 5.32 Å². The second-order valence-electron chi connectivity index (χ2n) is 7.46. The van der Waals surface area contributed by atoms with Gasteiger partial charge in [0, 0.05) is 30.6 Å². The molecule has 2 aromatic rings. The predicted octanol–water partition coefficient (Wildman–Crippen LogP) is 2.93. The quantitative estimate of drug-likeness (QED) is 0.833. The average Bonchev–Trinajstić information content (AvgIpc) is 3.28. The maximum atomic E-state index is 12.6. The van der Waals surface area contributed by atoms with Crippen LogP contribution in [-0.2, 0) is 15.4 Å². The molecule has 27 heavy (non-hydrogen) atoms. The van der Waals surface area contributed by atoms with Crippen LogP contribution in [-0.4, -0.2) is 38.3 Å². The molecule has 0 bridgehead atoms. The number of hydrogen-bond acceptors (Lipinski definition) is 3. The lowest BCUT2D eigenvalue weighted by molar-refractivity contribution is 0.0949. The van der Waals surface area contributed by atoms with Crippen molar-refractivity contribution in [1.82, 2.24) is 9.62 Å². The number of carbonyl (C=O) groups excluding carboxylic acids is 1. The number of nitrogens with one attached hydrogen (secondary N) is 1. The van der Waals surface area contributed by atoms with Crippen molar-refractivity contribution in [3.05, 3.63) is 65.7 Å². The SMILES string of the molecule is O=C(NCC1(c2ccccc2)CC1)c1ccc(S(=O)(=O)N2CCCC2)cc1. The van der Waals surface area contributed by atoms with Crippen LogP contribution in [0.3, 0.4) is 0 Å². The molecule has 2 aromatic carbocycles. The van der Waals surface area contributed by atoms with Gasteiger partial charge in [-0.25, -0.2) is 8.42 Å². The Morgan fingerprint density at radius 2 is 1.59 bits per heavy atom. The molecule has 1 aliphatic carbocycles. The third kappa shape index (κ3) is 3.64. The average molecular weight is 385 g/mol. The number of rotatable bonds is 6. The Kier molecular flexibility index (Phi) is 4.78. The minimum Gasteiger partial charge on any atom is -0.351 e. The first kappa shape index (κ1) is 18.2. The number of nitrogens with zero attached hydrogens (tertiary/aromatic N) is 1. The van der Waals surface area contributed by atoms with Crippen molar-refractivity contribution >= 4 is 15.9 Å². The molecule has 2 aliphatic rings. The fourth-order valence-corrected chi connectivity index (χ4v) is 5.23. The second-order valence-corrected chi connectivity index (χ2v) is 9.40. The molecule has 5 nitrogen and oxygen atoms in total. The van der Waals surface area contributed by atoms with Gasteiger partial charge in [0.15, 0.2) is 0 Å². The molecule has 0 aromatic heterocycles. The predicted molar refractivity (Wildman–Crippen MR) is 104 cm³/mol. The number of sulfonamides is 1. The van der Waals surface area contributed by atoms with Gasteiger partial charge in [-0.15, -0.1) is 0 Å². The van der Waals surface area contributed by atoms with E-state index in [2.05, 4.69) is 17.4 Å². The number of hydrogen-bond donors (Lipinski definition) is 1. The molecule has 1 amide bonds. The van der Waals surface area contributed by atoms with Crippen molar-refractivity contribution < 1.29 is 13.2 Å². The summed E-state index contributed by atoms with van der Waals surface area (Å²) < 4.78 is 26.6. The summed E-state index contributed by atoms with van der Waals surface area (Å²) in [5.74, 6) is -0.165. The van der Waals surface area contributed by atoms with Gasteiger partial charge >= 0.3 is 0 Å². The zero-order valence-corrected chi connectivity index (χ0v) is 16.0. The van der Waals surface area contributed by atoms with Gasteiger partial charge in [0.05, 0.1) is 4.90 Å². The summed E-state index contributed by atoms with van der Waals surface area (Å²) in [5, 5.41) is 3.01. The molecular formula is C21H24N2O3S. The first-order chi connectivity index (χ1) is 13.0. The van der Waals surface area contributed by atoms with E-state index >= 15 is 0 Å². The molecule has 0 unspecified atom stereocenters. The fraction of sp³-hybridized carbons (Fsp3) is 0.381. The first-order valence-corrected chi connectivity index (χ1v) is 10.9. The van der Waals surface area contributed by atoms with Crippen LogP contribution in [0.15, 0.2) is 59.5 Å². The maximum Gasteiger partial charge on any atom is 0.251 e. The smallest absolute Gasteiger partial charge is 0.251 e. The van der Waals surface area contributed by atoms with Gasteiger partial charge in [0.1, 0.15) is 0 Å². The zero-order chi connectivity index (χ0) is 18.9. The van der Waals surface area contributed by atoms with Crippen molar-refractivity contribution in [1.29, 1.82) is 0 Å². The molecule has 0 radical (unpaired) electrons. The Morgan fingerprint density at radius 1 is 0.963 bits per heavy atom. The molecule has 1 saturated heterocycles. The minimum atomic E-state index is -3.44. The van der Waals surface area contributed by atoms with E-state index in [4.69, 9.17) is 0 Å². The zero-order valence-electron chi connectivity index (χ0n) is 15.2. The lowest BCUT2D eigenvalue weighted by atomic mass is 9.96. The van der Waals surface area contributed by atoms with E-state index in [1.54, 1.807) is 12.1 Å². The normalized spacial score (nSPS) is 19.0. The van der Waals surface area contributed by atoms with Crippen LogP contribution in [0.2, 0.25) is 0 Å². The highest BCUT2D eigenvalue weighted by Gasteiger charge is 2.44. The van der Waals surface area contributed by atoms with Gasteiger partial charge in [-0.1, -0.05) is 30.3 Å². The van der Waals surface area contributed by atoms with Crippen LogP contribution in [0.4, 0.5) is 0 Å².